The van der Waals surface area contributed by atoms with Crippen molar-refractivity contribution in [1.29, 1.82) is 0 Å². The van der Waals surface area contributed by atoms with Crippen LogP contribution in [0.2, 0.25) is 0 Å². The minimum Gasteiger partial charge on any atom is -0.305 e. The molecule has 0 aliphatic heterocycles. The largest absolute Gasteiger partial charge is 0.305 e. The van der Waals surface area contributed by atoms with Crippen LogP contribution < -0.4 is 5.32 Å². The van der Waals surface area contributed by atoms with Crippen LogP contribution in [0, 0.1) is 25.5 Å². The van der Waals surface area contributed by atoms with Gasteiger partial charge in [-0.2, -0.15) is 0 Å². The van der Waals surface area contributed by atoms with Crippen LogP contribution in [0.25, 0.3) is 0 Å². The van der Waals surface area contributed by atoms with Crippen molar-refractivity contribution in [2.75, 3.05) is 6.54 Å². The van der Waals surface area contributed by atoms with Gasteiger partial charge < -0.3 is 5.32 Å². The monoisotopic (exact) mass is 373 g/mol. The van der Waals surface area contributed by atoms with Crippen LogP contribution in [0.3, 0.4) is 0 Å². The fourth-order valence-corrected chi connectivity index (χ4v) is 3.66. The first kappa shape index (κ1) is 16.6. The van der Waals surface area contributed by atoms with Gasteiger partial charge in [-0.1, -0.05) is 6.92 Å². The van der Waals surface area contributed by atoms with Gasteiger partial charge in [-0.15, -0.1) is 11.3 Å². The lowest BCUT2D eigenvalue weighted by molar-refractivity contribution is 0.503. The van der Waals surface area contributed by atoms with Gasteiger partial charge in [0.25, 0.3) is 0 Å². The van der Waals surface area contributed by atoms with Gasteiger partial charge >= 0.3 is 0 Å². The van der Waals surface area contributed by atoms with E-state index in [1.807, 2.05) is 26.8 Å². The zero-order valence-electron chi connectivity index (χ0n) is 12.3. The Morgan fingerprint density at radius 3 is 2.57 bits per heavy atom. The third kappa shape index (κ3) is 3.52. The van der Waals surface area contributed by atoms with Crippen LogP contribution in [0.4, 0.5) is 8.78 Å². The summed E-state index contributed by atoms with van der Waals surface area (Å²) in [5.41, 5.74) is 1.23. The number of rotatable bonds is 5. The van der Waals surface area contributed by atoms with E-state index in [4.69, 9.17) is 0 Å². The van der Waals surface area contributed by atoms with Crippen LogP contribution in [-0.2, 0) is 0 Å². The van der Waals surface area contributed by atoms with E-state index >= 15 is 0 Å². The summed E-state index contributed by atoms with van der Waals surface area (Å²) < 4.78 is 28.9. The van der Waals surface area contributed by atoms with Gasteiger partial charge in [0.2, 0.25) is 0 Å². The minimum absolute atomic E-state index is 0.0825. The Labute approximate surface area is 136 Å². The van der Waals surface area contributed by atoms with Crippen LogP contribution in [-0.4, -0.2) is 6.54 Å². The van der Waals surface area contributed by atoms with Crippen LogP contribution in [0.15, 0.2) is 22.7 Å². The molecule has 114 valence electrons. The second-order valence-corrected chi connectivity index (χ2v) is 7.17. The average molecular weight is 374 g/mol. The molecule has 1 heterocycles. The zero-order chi connectivity index (χ0) is 15.6. The Kier molecular flexibility index (Phi) is 5.52. The Morgan fingerprint density at radius 1 is 1.29 bits per heavy atom. The highest BCUT2D eigenvalue weighted by atomic mass is 79.9. The Balaban J connectivity index is 2.53. The standard InChI is InChI=1S/C16H18BrF2NS/c1-4-7-20-16(13-8-9(2)10(3)21-13)14-12(18)6-5-11(17)15(14)19/h5-6,8,16,20H,4,7H2,1-3H3. The summed E-state index contributed by atoms with van der Waals surface area (Å²) in [5, 5.41) is 3.26. The second-order valence-electron chi connectivity index (χ2n) is 5.03. The van der Waals surface area contributed by atoms with Crippen molar-refractivity contribution in [2.24, 2.45) is 0 Å². The first-order valence-corrected chi connectivity index (χ1v) is 8.50. The maximum atomic E-state index is 14.4. The van der Waals surface area contributed by atoms with E-state index in [0.29, 0.717) is 6.54 Å². The van der Waals surface area contributed by atoms with Crippen LogP contribution in [0.1, 0.15) is 40.3 Å². The molecular weight excluding hydrogens is 356 g/mol. The van der Waals surface area contributed by atoms with Crippen molar-refractivity contribution >= 4 is 27.3 Å². The molecule has 0 fully saturated rings. The van der Waals surface area contributed by atoms with E-state index in [9.17, 15) is 8.78 Å². The number of benzene rings is 1. The van der Waals surface area contributed by atoms with Gasteiger partial charge in [-0.3, -0.25) is 0 Å². The van der Waals surface area contributed by atoms with Gasteiger partial charge in [0.1, 0.15) is 11.6 Å². The summed E-state index contributed by atoms with van der Waals surface area (Å²) in [6, 6.07) is 4.25. The molecule has 2 rings (SSSR count). The highest BCUT2D eigenvalue weighted by Crippen LogP contribution is 2.35. The third-order valence-corrected chi connectivity index (χ3v) is 5.27. The van der Waals surface area contributed by atoms with Gasteiger partial charge in [0.15, 0.2) is 0 Å². The van der Waals surface area contributed by atoms with Crippen molar-refractivity contribution in [1.82, 2.24) is 5.32 Å². The molecule has 0 radical (unpaired) electrons. The highest BCUT2D eigenvalue weighted by Gasteiger charge is 2.24. The molecular formula is C16H18BrF2NS. The van der Waals surface area contributed by atoms with Crippen molar-refractivity contribution in [3.05, 3.63) is 55.2 Å². The first-order chi connectivity index (χ1) is 9.95. The SMILES string of the molecule is CCCNC(c1cc(C)c(C)s1)c1c(F)ccc(Br)c1F. The molecule has 2 aromatic rings. The molecule has 1 aromatic carbocycles. The summed E-state index contributed by atoms with van der Waals surface area (Å²) in [6.07, 6.45) is 0.900. The quantitative estimate of drug-likeness (QED) is 0.682. The molecule has 0 aliphatic rings. The Hall–Kier alpha value is -0.780. The van der Waals surface area contributed by atoms with Gasteiger partial charge in [-0.05, 0) is 66.5 Å². The van der Waals surface area contributed by atoms with Gasteiger partial charge in [-0.25, -0.2) is 8.78 Å². The smallest absolute Gasteiger partial charge is 0.145 e. The predicted molar refractivity (Wildman–Crippen MR) is 88.0 cm³/mol. The highest BCUT2D eigenvalue weighted by molar-refractivity contribution is 9.10. The molecule has 1 N–H and O–H groups in total. The van der Waals surface area contributed by atoms with E-state index in [1.165, 1.54) is 17.0 Å². The predicted octanol–water partition coefficient (Wildman–Crippen LogP) is 5.49. The second kappa shape index (κ2) is 6.99. The zero-order valence-corrected chi connectivity index (χ0v) is 14.7. The Morgan fingerprint density at radius 2 is 2.00 bits per heavy atom. The lowest BCUT2D eigenvalue weighted by atomic mass is 10.0. The van der Waals surface area contributed by atoms with Gasteiger partial charge in [0, 0.05) is 15.3 Å². The summed E-state index contributed by atoms with van der Waals surface area (Å²) >= 11 is 4.72. The van der Waals surface area contributed by atoms with E-state index in [1.54, 1.807) is 11.3 Å². The maximum Gasteiger partial charge on any atom is 0.145 e. The molecule has 0 spiro atoms. The molecule has 1 aromatic heterocycles. The lowest BCUT2D eigenvalue weighted by Crippen LogP contribution is -2.24. The topological polar surface area (TPSA) is 12.0 Å². The van der Waals surface area contributed by atoms with E-state index in [2.05, 4.69) is 21.2 Å². The molecule has 0 bridgehead atoms. The molecule has 21 heavy (non-hydrogen) atoms. The average Bonchev–Trinajstić information content (AvgIpc) is 2.78. The lowest BCUT2D eigenvalue weighted by Gasteiger charge is -2.19. The molecule has 0 aliphatic carbocycles. The molecule has 5 heteroatoms. The van der Waals surface area contributed by atoms with E-state index < -0.39 is 17.7 Å². The van der Waals surface area contributed by atoms with Crippen molar-refractivity contribution in [3.8, 4) is 0 Å². The molecule has 1 unspecified atom stereocenters. The van der Waals surface area contributed by atoms with Gasteiger partial charge in [0.05, 0.1) is 10.5 Å². The van der Waals surface area contributed by atoms with Crippen molar-refractivity contribution in [3.63, 3.8) is 0 Å². The number of thiophene rings is 1. The number of halogens is 3. The summed E-state index contributed by atoms with van der Waals surface area (Å²) in [4.78, 5) is 2.11. The third-order valence-electron chi connectivity index (χ3n) is 3.44. The van der Waals surface area contributed by atoms with Crippen LogP contribution in [0.5, 0.6) is 0 Å². The first-order valence-electron chi connectivity index (χ1n) is 6.89. The fraction of sp³-hybridized carbons (Fsp3) is 0.375. The number of aryl methyl sites for hydroxylation is 2. The van der Waals surface area contributed by atoms with E-state index in [0.717, 1.165) is 16.9 Å². The number of hydrogen-bond acceptors (Lipinski definition) is 2. The molecule has 1 atom stereocenters. The fourth-order valence-electron chi connectivity index (χ4n) is 2.18. The molecule has 0 saturated heterocycles. The van der Waals surface area contributed by atoms with Crippen molar-refractivity contribution in [2.45, 2.75) is 33.2 Å². The summed E-state index contributed by atoms with van der Waals surface area (Å²) in [7, 11) is 0. The molecule has 0 saturated carbocycles. The van der Waals surface area contributed by atoms with Crippen LogP contribution >= 0.6 is 27.3 Å². The number of nitrogens with one attached hydrogen (secondary N) is 1. The normalized spacial score (nSPS) is 12.7. The minimum atomic E-state index is -0.535. The summed E-state index contributed by atoms with van der Waals surface area (Å²) in [6.45, 7) is 6.77. The molecule has 0 amide bonds. The summed E-state index contributed by atoms with van der Waals surface area (Å²) in [5.74, 6) is -1.06. The molecule has 1 nitrogen and oxygen atoms in total. The number of hydrogen-bond donors (Lipinski definition) is 1. The Bertz CT molecular complexity index is 620. The van der Waals surface area contributed by atoms with E-state index in [-0.39, 0.29) is 10.0 Å². The van der Waals surface area contributed by atoms with Crippen molar-refractivity contribution < 1.29 is 8.78 Å². The maximum absolute atomic E-state index is 14.4.